The molecule has 1 saturated heterocycles. The summed E-state index contributed by atoms with van der Waals surface area (Å²) in [7, 11) is 0. The molecule has 1 fully saturated rings. The largest absolute Gasteiger partial charge is 0.438 e. The van der Waals surface area contributed by atoms with Gasteiger partial charge in [-0.1, -0.05) is 37.6 Å². The fourth-order valence-corrected chi connectivity index (χ4v) is 3.78. The number of pyridine rings is 1. The number of rotatable bonds is 2. The normalized spacial score (nSPS) is 21.8. The van der Waals surface area contributed by atoms with Crippen molar-refractivity contribution in [2.45, 2.75) is 32.2 Å². The molecule has 4 rings (SSSR count). The van der Waals surface area contributed by atoms with E-state index in [0.29, 0.717) is 0 Å². The molecule has 0 bridgehead atoms. The molecule has 3 heterocycles. The Morgan fingerprint density at radius 2 is 1.86 bits per heavy atom. The maximum atomic E-state index is 6.00. The first-order valence-corrected chi connectivity index (χ1v) is 8.32. The molecular formula is C19H22N2O. The highest BCUT2D eigenvalue weighted by Crippen LogP contribution is 2.45. The SMILES string of the molecule is CCC1CCN(C2c3ccccc3Oc3ncccc32)CC1. The second kappa shape index (κ2) is 5.73. The van der Waals surface area contributed by atoms with Crippen LogP contribution in [0, 0.1) is 5.92 Å². The number of aromatic nitrogens is 1. The number of ether oxygens (including phenoxy) is 1. The zero-order valence-electron chi connectivity index (χ0n) is 13.0. The molecule has 2 aliphatic heterocycles. The standard InChI is InChI=1S/C19H22N2O/c1-2-14-9-12-21(13-10-14)18-15-6-3-4-8-17(15)22-19-16(18)7-5-11-20-19/h3-8,11,14,18H,2,9-10,12-13H2,1H3. The summed E-state index contributed by atoms with van der Waals surface area (Å²) in [6, 6.07) is 12.9. The van der Waals surface area contributed by atoms with E-state index in [1.165, 1.54) is 30.4 Å². The van der Waals surface area contributed by atoms with E-state index in [4.69, 9.17) is 4.74 Å². The molecule has 0 radical (unpaired) electrons. The average molecular weight is 294 g/mol. The Labute approximate surface area is 131 Å². The number of benzene rings is 1. The molecule has 2 aliphatic rings. The Kier molecular flexibility index (Phi) is 3.59. The lowest BCUT2D eigenvalue weighted by Crippen LogP contribution is -2.38. The Morgan fingerprint density at radius 1 is 1.09 bits per heavy atom. The summed E-state index contributed by atoms with van der Waals surface area (Å²) in [5, 5.41) is 0. The van der Waals surface area contributed by atoms with Crippen LogP contribution in [0.4, 0.5) is 0 Å². The van der Waals surface area contributed by atoms with Crippen molar-refractivity contribution < 1.29 is 4.74 Å². The van der Waals surface area contributed by atoms with Gasteiger partial charge in [0.1, 0.15) is 5.75 Å². The lowest BCUT2D eigenvalue weighted by atomic mass is 9.89. The maximum Gasteiger partial charge on any atom is 0.224 e. The van der Waals surface area contributed by atoms with Crippen molar-refractivity contribution in [1.82, 2.24) is 9.88 Å². The average Bonchev–Trinajstić information content (AvgIpc) is 2.60. The van der Waals surface area contributed by atoms with Gasteiger partial charge >= 0.3 is 0 Å². The third-order valence-electron chi connectivity index (χ3n) is 5.11. The maximum absolute atomic E-state index is 6.00. The highest BCUT2D eigenvalue weighted by atomic mass is 16.5. The van der Waals surface area contributed by atoms with Crippen molar-refractivity contribution in [3.63, 3.8) is 0 Å². The molecule has 3 nitrogen and oxygen atoms in total. The van der Waals surface area contributed by atoms with Crippen LogP contribution in [0.3, 0.4) is 0 Å². The van der Waals surface area contributed by atoms with Gasteiger partial charge in [0.15, 0.2) is 0 Å². The highest BCUT2D eigenvalue weighted by Gasteiger charge is 2.34. The van der Waals surface area contributed by atoms with Gasteiger partial charge in [0.25, 0.3) is 0 Å². The van der Waals surface area contributed by atoms with Gasteiger partial charge in [0, 0.05) is 17.3 Å². The van der Waals surface area contributed by atoms with Crippen molar-refractivity contribution >= 4 is 0 Å². The summed E-state index contributed by atoms with van der Waals surface area (Å²) in [6.45, 7) is 4.63. The van der Waals surface area contributed by atoms with Gasteiger partial charge < -0.3 is 4.74 Å². The van der Waals surface area contributed by atoms with Crippen LogP contribution in [-0.2, 0) is 0 Å². The third kappa shape index (κ3) is 2.30. The minimum absolute atomic E-state index is 0.284. The summed E-state index contributed by atoms with van der Waals surface area (Å²) in [5.74, 6) is 2.61. The number of hydrogen-bond acceptors (Lipinski definition) is 3. The van der Waals surface area contributed by atoms with E-state index < -0.39 is 0 Å². The molecule has 0 amide bonds. The van der Waals surface area contributed by atoms with Crippen molar-refractivity contribution in [3.05, 3.63) is 53.7 Å². The van der Waals surface area contributed by atoms with Crippen LogP contribution in [0.5, 0.6) is 11.6 Å². The first-order valence-electron chi connectivity index (χ1n) is 8.32. The molecule has 0 saturated carbocycles. The number of nitrogens with zero attached hydrogens (tertiary/aromatic N) is 2. The predicted molar refractivity (Wildman–Crippen MR) is 87.2 cm³/mol. The lowest BCUT2D eigenvalue weighted by Gasteiger charge is -2.40. The summed E-state index contributed by atoms with van der Waals surface area (Å²) in [6.07, 6.45) is 5.71. The molecule has 1 atom stereocenters. The summed E-state index contributed by atoms with van der Waals surface area (Å²) in [5.41, 5.74) is 2.48. The minimum atomic E-state index is 0.284. The molecule has 1 aromatic heterocycles. The van der Waals surface area contributed by atoms with Crippen LogP contribution < -0.4 is 4.74 Å². The zero-order valence-corrected chi connectivity index (χ0v) is 13.0. The number of para-hydroxylation sites is 1. The monoisotopic (exact) mass is 294 g/mol. The first-order chi connectivity index (χ1) is 10.9. The smallest absolute Gasteiger partial charge is 0.224 e. The predicted octanol–water partition coefficient (Wildman–Crippen LogP) is 4.40. The summed E-state index contributed by atoms with van der Waals surface area (Å²) < 4.78 is 6.00. The lowest BCUT2D eigenvalue weighted by molar-refractivity contribution is 0.142. The minimum Gasteiger partial charge on any atom is -0.438 e. The molecular weight excluding hydrogens is 272 g/mol. The van der Waals surface area contributed by atoms with Gasteiger partial charge in [-0.05, 0) is 44.0 Å². The quantitative estimate of drug-likeness (QED) is 0.821. The van der Waals surface area contributed by atoms with Crippen LogP contribution in [0.15, 0.2) is 42.6 Å². The van der Waals surface area contributed by atoms with Crippen molar-refractivity contribution in [2.75, 3.05) is 13.1 Å². The third-order valence-corrected chi connectivity index (χ3v) is 5.11. The second-order valence-electron chi connectivity index (χ2n) is 6.33. The van der Waals surface area contributed by atoms with Crippen LogP contribution in [0.25, 0.3) is 0 Å². The Bertz CT molecular complexity index is 616. The van der Waals surface area contributed by atoms with Gasteiger partial charge in [-0.3, -0.25) is 4.90 Å². The molecule has 22 heavy (non-hydrogen) atoms. The van der Waals surface area contributed by atoms with Crippen molar-refractivity contribution in [1.29, 1.82) is 0 Å². The van der Waals surface area contributed by atoms with Crippen LogP contribution in [0.2, 0.25) is 0 Å². The number of piperidine rings is 1. The molecule has 1 aromatic carbocycles. The van der Waals surface area contributed by atoms with Gasteiger partial charge in [0.2, 0.25) is 5.88 Å². The van der Waals surface area contributed by atoms with E-state index in [-0.39, 0.29) is 6.04 Å². The number of hydrogen-bond donors (Lipinski definition) is 0. The molecule has 2 aromatic rings. The van der Waals surface area contributed by atoms with Crippen molar-refractivity contribution in [3.8, 4) is 11.6 Å². The molecule has 0 spiro atoms. The zero-order chi connectivity index (χ0) is 14.9. The van der Waals surface area contributed by atoms with E-state index in [1.807, 2.05) is 18.3 Å². The van der Waals surface area contributed by atoms with E-state index in [0.717, 1.165) is 30.6 Å². The Balaban J connectivity index is 1.72. The highest BCUT2D eigenvalue weighted by molar-refractivity contribution is 5.50. The summed E-state index contributed by atoms with van der Waals surface area (Å²) >= 11 is 0. The molecule has 3 heteroatoms. The first kappa shape index (κ1) is 13.8. The Morgan fingerprint density at radius 3 is 2.68 bits per heavy atom. The van der Waals surface area contributed by atoms with E-state index in [2.05, 4.69) is 41.1 Å². The van der Waals surface area contributed by atoms with Gasteiger partial charge in [-0.25, -0.2) is 4.98 Å². The second-order valence-corrected chi connectivity index (χ2v) is 6.33. The Hall–Kier alpha value is -1.87. The molecule has 0 aliphatic carbocycles. The summed E-state index contributed by atoms with van der Waals surface area (Å²) in [4.78, 5) is 7.05. The topological polar surface area (TPSA) is 25.4 Å². The van der Waals surface area contributed by atoms with Gasteiger partial charge in [-0.2, -0.15) is 0 Å². The van der Waals surface area contributed by atoms with Crippen molar-refractivity contribution in [2.24, 2.45) is 5.92 Å². The van der Waals surface area contributed by atoms with Crippen LogP contribution in [0.1, 0.15) is 43.4 Å². The molecule has 1 unspecified atom stereocenters. The fraction of sp³-hybridized carbons (Fsp3) is 0.421. The van der Waals surface area contributed by atoms with Gasteiger partial charge in [-0.15, -0.1) is 0 Å². The molecule has 0 N–H and O–H groups in total. The number of fused-ring (bicyclic) bond motifs is 2. The van der Waals surface area contributed by atoms with Gasteiger partial charge in [0.05, 0.1) is 6.04 Å². The fourth-order valence-electron chi connectivity index (χ4n) is 3.78. The number of likely N-dealkylation sites (tertiary alicyclic amines) is 1. The van der Waals surface area contributed by atoms with Crippen LogP contribution in [-0.4, -0.2) is 23.0 Å². The molecule has 114 valence electrons. The van der Waals surface area contributed by atoms with E-state index in [1.54, 1.807) is 0 Å². The van der Waals surface area contributed by atoms with E-state index in [9.17, 15) is 0 Å². The van der Waals surface area contributed by atoms with Crippen LogP contribution >= 0.6 is 0 Å². The van der Waals surface area contributed by atoms with E-state index >= 15 is 0 Å².